The van der Waals surface area contributed by atoms with Gasteiger partial charge >= 0.3 is 0 Å². The van der Waals surface area contributed by atoms with Crippen molar-refractivity contribution in [3.8, 4) is 0 Å². The smallest absolute Gasteiger partial charge is 0.134 e. The highest BCUT2D eigenvalue weighted by molar-refractivity contribution is 5.55. The maximum atomic E-state index is 5.90. The van der Waals surface area contributed by atoms with Crippen LogP contribution in [0.1, 0.15) is 32.3 Å². The standard InChI is InChI=1S/C13H22N4O/c1-3-4-11-12(14)16-8-17-13(11)15-7-10-5-6-18-9(10)2/h8-10H,3-7H2,1-2H3,(H3,14,15,16,17). The number of rotatable bonds is 5. The SMILES string of the molecule is CCCc1c(N)ncnc1NCC1CCOC1C. The van der Waals surface area contributed by atoms with Crippen molar-refractivity contribution in [2.24, 2.45) is 5.92 Å². The van der Waals surface area contributed by atoms with Crippen LogP contribution in [0.4, 0.5) is 11.6 Å². The van der Waals surface area contributed by atoms with Gasteiger partial charge in [0.1, 0.15) is 18.0 Å². The molecule has 3 N–H and O–H groups in total. The molecule has 5 heteroatoms. The molecule has 0 spiro atoms. The van der Waals surface area contributed by atoms with E-state index in [9.17, 15) is 0 Å². The Morgan fingerprint density at radius 3 is 3.00 bits per heavy atom. The third-order valence-electron chi connectivity index (χ3n) is 3.54. The van der Waals surface area contributed by atoms with Crippen molar-refractivity contribution in [3.63, 3.8) is 0 Å². The van der Waals surface area contributed by atoms with Gasteiger partial charge in [-0.05, 0) is 19.8 Å². The Morgan fingerprint density at radius 2 is 2.33 bits per heavy atom. The van der Waals surface area contributed by atoms with Crippen molar-refractivity contribution < 1.29 is 4.74 Å². The lowest BCUT2D eigenvalue weighted by Gasteiger charge is -2.17. The number of nitrogens with two attached hydrogens (primary N) is 1. The molecule has 0 aliphatic carbocycles. The molecule has 1 aromatic heterocycles. The first-order valence-corrected chi connectivity index (χ1v) is 6.67. The summed E-state index contributed by atoms with van der Waals surface area (Å²) in [6, 6.07) is 0. The quantitative estimate of drug-likeness (QED) is 0.834. The lowest BCUT2D eigenvalue weighted by atomic mass is 10.0. The minimum absolute atomic E-state index is 0.325. The van der Waals surface area contributed by atoms with Crippen LogP contribution in [0.25, 0.3) is 0 Å². The predicted octanol–water partition coefficient (Wildman–Crippen LogP) is 1.85. The van der Waals surface area contributed by atoms with E-state index in [0.29, 0.717) is 17.8 Å². The molecule has 2 unspecified atom stereocenters. The maximum absolute atomic E-state index is 5.90. The first kappa shape index (κ1) is 13.1. The fourth-order valence-electron chi connectivity index (χ4n) is 2.35. The number of hydrogen-bond donors (Lipinski definition) is 2. The molecule has 0 aromatic carbocycles. The minimum atomic E-state index is 0.325. The van der Waals surface area contributed by atoms with E-state index in [0.717, 1.165) is 43.8 Å². The van der Waals surface area contributed by atoms with Gasteiger partial charge in [-0.1, -0.05) is 13.3 Å². The number of aromatic nitrogens is 2. The third kappa shape index (κ3) is 2.90. The van der Waals surface area contributed by atoms with Crippen molar-refractivity contribution >= 4 is 11.6 Å². The first-order chi connectivity index (χ1) is 8.72. The summed E-state index contributed by atoms with van der Waals surface area (Å²) in [6.45, 7) is 6.00. The van der Waals surface area contributed by atoms with Gasteiger partial charge in [-0.25, -0.2) is 9.97 Å². The predicted molar refractivity (Wildman–Crippen MR) is 72.5 cm³/mol. The third-order valence-corrected chi connectivity index (χ3v) is 3.54. The molecule has 100 valence electrons. The van der Waals surface area contributed by atoms with Gasteiger partial charge in [0.15, 0.2) is 0 Å². The van der Waals surface area contributed by atoms with Gasteiger partial charge in [0.05, 0.1) is 6.10 Å². The summed E-state index contributed by atoms with van der Waals surface area (Å²) >= 11 is 0. The molecule has 18 heavy (non-hydrogen) atoms. The van der Waals surface area contributed by atoms with Crippen molar-refractivity contribution in [1.82, 2.24) is 9.97 Å². The van der Waals surface area contributed by atoms with E-state index in [4.69, 9.17) is 10.5 Å². The molecule has 0 amide bonds. The van der Waals surface area contributed by atoms with Gasteiger partial charge < -0.3 is 15.8 Å². The molecule has 0 radical (unpaired) electrons. The van der Waals surface area contributed by atoms with Crippen LogP contribution in [0.3, 0.4) is 0 Å². The van der Waals surface area contributed by atoms with E-state index in [1.165, 1.54) is 6.33 Å². The number of ether oxygens (including phenoxy) is 1. The molecular formula is C13H22N4O. The number of nitrogens with one attached hydrogen (secondary N) is 1. The average molecular weight is 250 g/mol. The maximum Gasteiger partial charge on any atom is 0.134 e. The van der Waals surface area contributed by atoms with Crippen molar-refractivity contribution in [1.29, 1.82) is 0 Å². The molecule has 1 aliphatic rings. The molecule has 2 rings (SSSR count). The fourth-order valence-corrected chi connectivity index (χ4v) is 2.35. The molecule has 1 aromatic rings. The summed E-state index contributed by atoms with van der Waals surface area (Å²) in [5.74, 6) is 2.02. The van der Waals surface area contributed by atoms with E-state index < -0.39 is 0 Å². The van der Waals surface area contributed by atoms with E-state index in [-0.39, 0.29) is 0 Å². The second-order valence-electron chi connectivity index (χ2n) is 4.84. The molecule has 2 heterocycles. The van der Waals surface area contributed by atoms with E-state index >= 15 is 0 Å². The Bertz CT molecular complexity index is 397. The molecule has 0 saturated carbocycles. The van der Waals surface area contributed by atoms with Crippen LogP contribution >= 0.6 is 0 Å². The zero-order valence-corrected chi connectivity index (χ0v) is 11.1. The van der Waals surface area contributed by atoms with Gasteiger partial charge in [0.2, 0.25) is 0 Å². The molecule has 1 fully saturated rings. The first-order valence-electron chi connectivity index (χ1n) is 6.67. The number of hydrogen-bond acceptors (Lipinski definition) is 5. The fraction of sp³-hybridized carbons (Fsp3) is 0.692. The summed E-state index contributed by atoms with van der Waals surface area (Å²) in [4.78, 5) is 8.36. The Kier molecular flexibility index (Phi) is 4.36. The van der Waals surface area contributed by atoms with Crippen molar-refractivity contribution in [2.45, 2.75) is 39.2 Å². The highest BCUT2D eigenvalue weighted by Gasteiger charge is 2.24. The van der Waals surface area contributed by atoms with E-state index in [2.05, 4.69) is 29.1 Å². The monoisotopic (exact) mass is 250 g/mol. The highest BCUT2D eigenvalue weighted by atomic mass is 16.5. The second kappa shape index (κ2) is 6.00. The minimum Gasteiger partial charge on any atom is -0.383 e. The topological polar surface area (TPSA) is 73.1 Å². The molecule has 1 saturated heterocycles. The largest absolute Gasteiger partial charge is 0.383 e. The average Bonchev–Trinajstić information content (AvgIpc) is 2.76. The zero-order valence-electron chi connectivity index (χ0n) is 11.1. The summed E-state index contributed by atoms with van der Waals surface area (Å²) in [5, 5.41) is 3.40. The van der Waals surface area contributed by atoms with Crippen LogP contribution in [0.5, 0.6) is 0 Å². The summed E-state index contributed by atoms with van der Waals surface area (Å²) in [7, 11) is 0. The van der Waals surface area contributed by atoms with Crippen LogP contribution in [-0.4, -0.2) is 29.2 Å². The zero-order chi connectivity index (χ0) is 13.0. The van der Waals surface area contributed by atoms with E-state index in [1.807, 2.05) is 0 Å². The highest BCUT2D eigenvalue weighted by Crippen LogP contribution is 2.23. The van der Waals surface area contributed by atoms with Crippen molar-refractivity contribution in [3.05, 3.63) is 11.9 Å². The second-order valence-corrected chi connectivity index (χ2v) is 4.84. The lowest BCUT2D eigenvalue weighted by Crippen LogP contribution is -2.22. The van der Waals surface area contributed by atoms with Crippen LogP contribution in [0.2, 0.25) is 0 Å². The summed E-state index contributed by atoms with van der Waals surface area (Å²) in [6.07, 6.45) is 4.90. The molecular weight excluding hydrogens is 228 g/mol. The Hall–Kier alpha value is -1.36. The normalized spacial score (nSPS) is 23.2. The van der Waals surface area contributed by atoms with Gasteiger partial charge in [-0.3, -0.25) is 0 Å². The van der Waals surface area contributed by atoms with Crippen LogP contribution in [0, 0.1) is 5.92 Å². The summed E-state index contributed by atoms with van der Waals surface area (Å²) < 4.78 is 5.56. The van der Waals surface area contributed by atoms with Gasteiger partial charge in [0.25, 0.3) is 0 Å². The Morgan fingerprint density at radius 1 is 1.50 bits per heavy atom. The molecule has 2 atom stereocenters. The molecule has 5 nitrogen and oxygen atoms in total. The number of nitrogen functional groups attached to an aromatic ring is 1. The van der Waals surface area contributed by atoms with Crippen molar-refractivity contribution in [2.75, 3.05) is 24.2 Å². The Labute approximate surface area is 108 Å². The molecule has 1 aliphatic heterocycles. The molecule has 0 bridgehead atoms. The summed E-state index contributed by atoms with van der Waals surface area (Å²) in [5.41, 5.74) is 6.94. The van der Waals surface area contributed by atoms with Gasteiger partial charge in [0, 0.05) is 24.6 Å². The van der Waals surface area contributed by atoms with Crippen LogP contribution < -0.4 is 11.1 Å². The number of anilines is 2. The Balaban J connectivity index is 2.02. The van der Waals surface area contributed by atoms with Crippen LogP contribution in [0.15, 0.2) is 6.33 Å². The lowest BCUT2D eigenvalue weighted by molar-refractivity contribution is 0.108. The van der Waals surface area contributed by atoms with Crippen LogP contribution in [-0.2, 0) is 11.2 Å². The number of nitrogens with zero attached hydrogens (tertiary/aromatic N) is 2. The van der Waals surface area contributed by atoms with Gasteiger partial charge in [-0.15, -0.1) is 0 Å². The van der Waals surface area contributed by atoms with E-state index in [1.54, 1.807) is 0 Å². The van der Waals surface area contributed by atoms with Gasteiger partial charge in [-0.2, -0.15) is 0 Å².